The molecule has 0 aliphatic carbocycles. The van der Waals surface area contributed by atoms with Gasteiger partial charge in [0.1, 0.15) is 5.52 Å². The Morgan fingerprint density at radius 1 is 1.14 bits per heavy atom. The highest BCUT2D eigenvalue weighted by molar-refractivity contribution is 7.22. The van der Waals surface area contributed by atoms with Gasteiger partial charge in [0, 0.05) is 23.6 Å². The summed E-state index contributed by atoms with van der Waals surface area (Å²) < 4.78 is 0.979. The predicted octanol–water partition coefficient (Wildman–Crippen LogP) is 5.03. The van der Waals surface area contributed by atoms with Crippen LogP contribution in [-0.4, -0.2) is 48.0 Å². The second-order valence-corrected chi connectivity index (χ2v) is 8.36. The number of aromatic nitrogens is 2. The molecule has 0 saturated heterocycles. The molecule has 144 valence electrons. The van der Waals surface area contributed by atoms with Crippen molar-refractivity contribution in [3.8, 4) is 0 Å². The molecule has 2 heterocycles. The van der Waals surface area contributed by atoms with Crippen molar-refractivity contribution in [2.45, 2.75) is 6.42 Å². The summed E-state index contributed by atoms with van der Waals surface area (Å²) in [4.78, 5) is 25.3. The fraction of sp³-hybridized carbons (Fsp3) is 0.238. The number of nitrogens with one attached hydrogen (secondary N) is 1. The molecule has 0 aliphatic heterocycles. The van der Waals surface area contributed by atoms with Crippen molar-refractivity contribution in [1.29, 1.82) is 0 Å². The second kappa shape index (κ2) is 7.91. The summed E-state index contributed by atoms with van der Waals surface area (Å²) in [6.45, 7) is 1.48. The number of fused-ring (bicyclic) bond motifs is 2. The van der Waals surface area contributed by atoms with Crippen molar-refractivity contribution >= 4 is 55.1 Å². The third-order valence-corrected chi connectivity index (χ3v) is 5.99. The van der Waals surface area contributed by atoms with Crippen LogP contribution in [0.5, 0.6) is 0 Å². The fourth-order valence-electron chi connectivity index (χ4n) is 3.24. The monoisotopic (exact) mass is 412 g/mol. The zero-order valence-corrected chi connectivity index (χ0v) is 17.3. The number of nitrogens with zero attached hydrogens (tertiary/aromatic N) is 3. The largest absolute Gasteiger partial charge is 0.360 e. The molecule has 28 heavy (non-hydrogen) atoms. The number of amides is 1. The Bertz CT molecular complexity index is 1130. The SMILES string of the molecule is CN(C)CCCN(C(=O)c1c[nH]c2ccccc12)c1nc2c(Cl)cccc2s1. The van der Waals surface area contributed by atoms with Gasteiger partial charge in [0.05, 0.1) is 15.3 Å². The molecule has 0 unspecified atom stereocenters. The highest BCUT2D eigenvalue weighted by Gasteiger charge is 2.24. The van der Waals surface area contributed by atoms with Crippen LogP contribution >= 0.6 is 22.9 Å². The van der Waals surface area contributed by atoms with Gasteiger partial charge in [-0.3, -0.25) is 9.69 Å². The van der Waals surface area contributed by atoms with Crippen molar-refractivity contribution < 1.29 is 4.79 Å². The Balaban J connectivity index is 1.73. The van der Waals surface area contributed by atoms with Crippen molar-refractivity contribution in [2.75, 3.05) is 32.1 Å². The normalized spacial score (nSPS) is 11.6. The molecule has 0 fully saturated rings. The van der Waals surface area contributed by atoms with Gasteiger partial charge in [0.25, 0.3) is 5.91 Å². The minimum absolute atomic E-state index is 0.0496. The topological polar surface area (TPSA) is 52.2 Å². The molecule has 0 atom stereocenters. The van der Waals surface area contributed by atoms with Crippen LogP contribution in [0, 0.1) is 0 Å². The Kier molecular flexibility index (Phi) is 5.35. The van der Waals surface area contributed by atoms with E-state index in [1.807, 2.05) is 56.6 Å². The number of H-pyrrole nitrogens is 1. The van der Waals surface area contributed by atoms with Gasteiger partial charge in [-0.05, 0) is 45.3 Å². The average Bonchev–Trinajstić information content (AvgIpc) is 3.29. The molecular formula is C21H21ClN4OS. The van der Waals surface area contributed by atoms with Gasteiger partial charge in [-0.1, -0.05) is 47.2 Å². The van der Waals surface area contributed by atoms with E-state index < -0.39 is 0 Å². The van der Waals surface area contributed by atoms with E-state index in [0.717, 1.165) is 34.1 Å². The number of thiazole rings is 1. The van der Waals surface area contributed by atoms with E-state index in [4.69, 9.17) is 11.6 Å². The van der Waals surface area contributed by atoms with Crippen LogP contribution in [0.3, 0.4) is 0 Å². The van der Waals surface area contributed by atoms with E-state index in [-0.39, 0.29) is 5.91 Å². The lowest BCUT2D eigenvalue weighted by atomic mass is 10.1. The van der Waals surface area contributed by atoms with Gasteiger partial charge >= 0.3 is 0 Å². The number of aromatic amines is 1. The number of para-hydroxylation sites is 2. The fourth-order valence-corrected chi connectivity index (χ4v) is 4.53. The second-order valence-electron chi connectivity index (χ2n) is 6.94. The summed E-state index contributed by atoms with van der Waals surface area (Å²) in [7, 11) is 4.06. The maximum atomic E-state index is 13.5. The van der Waals surface area contributed by atoms with Crippen LogP contribution in [0.15, 0.2) is 48.7 Å². The first-order valence-corrected chi connectivity index (χ1v) is 10.3. The Labute approximate surface area is 172 Å². The Morgan fingerprint density at radius 2 is 1.96 bits per heavy atom. The van der Waals surface area contributed by atoms with E-state index in [1.165, 1.54) is 11.3 Å². The number of halogens is 1. The van der Waals surface area contributed by atoms with Gasteiger partial charge < -0.3 is 9.88 Å². The van der Waals surface area contributed by atoms with E-state index in [1.54, 1.807) is 11.1 Å². The summed E-state index contributed by atoms with van der Waals surface area (Å²) in [6.07, 6.45) is 2.64. The number of benzene rings is 2. The van der Waals surface area contributed by atoms with Crippen molar-refractivity contribution in [3.05, 3.63) is 59.2 Å². The van der Waals surface area contributed by atoms with E-state index in [0.29, 0.717) is 22.3 Å². The van der Waals surface area contributed by atoms with Crippen LogP contribution in [0.1, 0.15) is 16.8 Å². The zero-order chi connectivity index (χ0) is 19.7. The minimum atomic E-state index is -0.0496. The molecule has 1 amide bonds. The first-order valence-electron chi connectivity index (χ1n) is 9.12. The maximum Gasteiger partial charge on any atom is 0.262 e. The number of carbonyl (C=O) groups is 1. The van der Waals surface area contributed by atoms with E-state index in [2.05, 4.69) is 14.9 Å². The van der Waals surface area contributed by atoms with Gasteiger partial charge in [0.2, 0.25) is 0 Å². The quantitative estimate of drug-likeness (QED) is 0.483. The summed E-state index contributed by atoms with van der Waals surface area (Å²) in [5.74, 6) is -0.0496. The van der Waals surface area contributed by atoms with Gasteiger partial charge in [-0.15, -0.1) is 0 Å². The van der Waals surface area contributed by atoms with E-state index >= 15 is 0 Å². The van der Waals surface area contributed by atoms with Crippen molar-refractivity contribution in [1.82, 2.24) is 14.9 Å². The summed E-state index contributed by atoms with van der Waals surface area (Å²) in [5, 5.41) is 2.20. The number of rotatable bonds is 6. The third kappa shape index (κ3) is 3.63. The van der Waals surface area contributed by atoms with Gasteiger partial charge in [0.15, 0.2) is 5.13 Å². The molecule has 0 aliphatic rings. The number of anilines is 1. The number of carbonyl (C=O) groups excluding carboxylic acids is 1. The van der Waals surface area contributed by atoms with Crippen LogP contribution in [0.4, 0.5) is 5.13 Å². The van der Waals surface area contributed by atoms with Crippen LogP contribution in [0.25, 0.3) is 21.1 Å². The van der Waals surface area contributed by atoms with Crippen LogP contribution in [0.2, 0.25) is 5.02 Å². The Morgan fingerprint density at radius 3 is 2.75 bits per heavy atom. The third-order valence-electron chi connectivity index (χ3n) is 4.64. The predicted molar refractivity (Wildman–Crippen MR) is 118 cm³/mol. The summed E-state index contributed by atoms with van der Waals surface area (Å²) >= 11 is 7.80. The van der Waals surface area contributed by atoms with Gasteiger partial charge in [-0.25, -0.2) is 4.98 Å². The zero-order valence-electron chi connectivity index (χ0n) is 15.8. The molecule has 1 N–H and O–H groups in total. The molecule has 2 aromatic heterocycles. The number of hydrogen-bond donors (Lipinski definition) is 1. The maximum absolute atomic E-state index is 13.5. The molecule has 0 bridgehead atoms. The lowest BCUT2D eigenvalue weighted by Gasteiger charge is -2.20. The molecule has 2 aromatic carbocycles. The van der Waals surface area contributed by atoms with Crippen molar-refractivity contribution in [3.63, 3.8) is 0 Å². The smallest absolute Gasteiger partial charge is 0.262 e. The Hall–Kier alpha value is -2.41. The molecule has 0 spiro atoms. The van der Waals surface area contributed by atoms with Crippen molar-refractivity contribution in [2.24, 2.45) is 0 Å². The highest BCUT2D eigenvalue weighted by atomic mass is 35.5. The first kappa shape index (κ1) is 18.9. The van der Waals surface area contributed by atoms with Gasteiger partial charge in [-0.2, -0.15) is 0 Å². The molecule has 5 nitrogen and oxygen atoms in total. The molecule has 0 radical (unpaired) electrons. The molecular weight excluding hydrogens is 392 g/mol. The highest BCUT2D eigenvalue weighted by Crippen LogP contribution is 2.34. The molecule has 0 saturated carbocycles. The number of hydrogen-bond acceptors (Lipinski definition) is 4. The molecule has 7 heteroatoms. The molecule has 4 rings (SSSR count). The lowest BCUT2D eigenvalue weighted by Crippen LogP contribution is -2.33. The summed E-state index contributed by atoms with van der Waals surface area (Å²) in [5.41, 5.74) is 2.35. The molecule has 4 aromatic rings. The summed E-state index contributed by atoms with van der Waals surface area (Å²) in [6, 6.07) is 13.6. The van der Waals surface area contributed by atoms with E-state index in [9.17, 15) is 4.79 Å². The standard InChI is InChI=1S/C21H21ClN4OS/c1-25(2)11-6-12-26(21-24-19-16(22)8-5-10-18(19)28-21)20(27)15-13-23-17-9-4-3-7-14(15)17/h3-5,7-10,13,23H,6,11-12H2,1-2H3. The van der Waals surface area contributed by atoms with Crippen LogP contribution < -0.4 is 4.90 Å². The lowest BCUT2D eigenvalue weighted by molar-refractivity contribution is 0.0987. The first-order chi connectivity index (χ1) is 13.5. The average molecular weight is 413 g/mol. The van der Waals surface area contributed by atoms with Crippen LogP contribution in [-0.2, 0) is 0 Å². The minimum Gasteiger partial charge on any atom is -0.360 e.